The van der Waals surface area contributed by atoms with Crippen molar-refractivity contribution in [1.29, 1.82) is 0 Å². The van der Waals surface area contributed by atoms with Crippen LogP contribution in [0.3, 0.4) is 0 Å². The van der Waals surface area contributed by atoms with Gasteiger partial charge >= 0.3 is 0 Å². The fraction of sp³-hybridized carbons (Fsp3) is 0.0968. The predicted molar refractivity (Wildman–Crippen MR) is 147 cm³/mol. The number of aliphatic imine (C=N–C) groups is 1. The van der Waals surface area contributed by atoms with Crippen molar-refractivity contribution in [2.75, 3.05) is 7.05 Å². The van der Waals surface area contributed by atoms with E-state index in [2.05, 4.69) is 62.6 Å². The quantitative estimate of drug-likeness (QED) is 0.272. The fourth-order valence-electron chi connectivity index (χ4n) is 4.60. The highest BCUT2D eigenvalue weighted by molar-refractivity contribution is 5.95. The third-order valence-electron chi connectivity index (χ3n) is 6.48. The molecular formula is C31H25N5O. The molecule has 0 fully saturated rings. The van der Waals surface area contributed by atoms with Crippen molar-refractivity contribution >= 4 is 17.1 Å². The van der Waals surface area contributed by atoms with Crippen LogP contribution < -0.4 is 4.74 Å². The lowest BCUT2D eigenvalue weighted by atomic mass is 10.0. The minimum atomic E-state index is 0.0196. The van der Waals surface area contributed by atoms with Crippen LogP contribution in [0.25, 0.3) is 22.0 Å². The second kappa shape index (κ2) is 10.0. The molecule has 0 saturated carbocycles. The van der Waals surface area contributed by atoms with E-state index in [1.807, 2.05) is 66.6 Å². The molecular weight excluding hydrogens is 458 g/mol. The lowest BCUT2D eigenvalue weighted by Gasteiger charge is -2.26. The zero-order valence-corrected chi connectivity index (χ0v) is 20.4. The molecule has 3 aromatic carbocycles. The highest BCUT2D eigenvalue weighted by Crippen LogP contribution is 2.32. The molecule has 6 nitrogen and oxygen atoms in total. The van der Waals surface area contributed by atoms with Gasteiger partial charge in [-0.25, -0.2) is 9.98 Å². The second-order valence-corrected chi connectivity index (χ2v) is 8.94. The molecule has 1 aliphatic heterocycles. The Balaban J connectivity index is 1.24. The number of aromatic nitrogens is 3. The molecule has 2 aromatic heterocycles. The summed E-state index contributed by atoms with van der Waals surface area (Å²) in [7, 11) is 1.99. The van der Waals surface area contributed by atoms with Crippen LogP contribution in [0.15, 0.2) is 114 Å². The van der Waals surface area contributed by atoms with E-state index in [1.54, 1.807) is 18.7 Å². The molecule has 180 valence electrons. The van der Waals surface area contributed by atoms with Crippen molar-refractivity contribution in [3.8, 4) is 22.9 Å². The van der Waals surface area contributed by atoms with E-state index >= 15 is 0 Å². The molecule has 0 bridgehead atoms. The molecule has 37 heavy (non-hydrogen) atoms. The Labute approximate surface area is 215 Å². The highest BCUT2D eigenvalue weighted by atomic mass is 16.5. The zero-order chi connectivity index (χ0) is 25.0. The van der Waals surface area contributed by atoms with Gasteiger partial charge in [0.2, 0.25) is 5.88 Å². The van der Waals surface area contributed by atoms with Gasteiger partial charge in [0.1, 0.15) is 11.4 Å². The van der Waals surface area contributed by atoms with Gasteiger partial charge in [-0.05, 0) is 35.9 Å². The second-order valence-electron chi connectivity index (χ2n) is 8.94. The number of pyridine rings is 1. The summed E-state index contributed by atoms with van der Waals surface area (Å²) in [4.78, 5) is 10.7. The van der Waals surface area contributed by atoms with Crippen LogP contribution in [-0.4, -0.2) is 33.5 Å². The van der Waals surface area contributed by atoms with E-state index in [0.29, 0.717) is 12.3 Å². The number of rotatable bonds is 6. The minimum Gasteiger partial charge on any atom is -0.439 e. The van der Waals surface area contributed by atoms with Crippen LogP contribution in [0.4, 0.5) is 0 Å². The number of hydrogen-bond donors (Lipinski definition) is 0. The molecule has 1 aliphatic rings. The van der Waals surface area contributed by atoms with Gasteiger partial charge in [-0.3, -0.25) is 0 Å². The van der Waals surface area contributed by atoms with Gasteiger partial charge < -0.3 is 9.64 Å². The van der Waals surface area contributed by atoms with Crippen LogP contribution in [0, 0.1) is 0 Å². The first kappa shape index (κ1) is 22.6. The van der Waals surface area contributed by atoms with Crippen LogP contribution in [0.1, 0.15) is 22.9 Å². The molecule has 1 atom stereocenters. The largest absolute Gasteiger partial charge is 0.439 e. The van der Waals surface area contributed by atoms with Gasteiger partial charge in [-0.2, -0.15) is 5.10 Å². The Bertz CT molecular complexity index is 1600. The Kier molecular flexibility index (Phi) is 6.13. The standard InChI is InChI=1S/C31H25N5O/c1-36-21-32-19-17-29(36)27-12-7-18-33-31(27)37-24-15-13-22(14-16-24)20-28-25-10-5-6-11-26(25)30(35-34-28)23-8-3-2-4-9-23/h2-19,21,29H,20H2,1H3. The normalized spacial score (nSPS) is 14.7. The van der Waals surface area contributed by atoms with Gasteiger partial charge in [0.25, 0.3) is 0 Å². The molecule has 0 N–H and O–H groups in total. The van der Waals surface area contributed by atoms with Gasteiger partial charge in [0.15, 0.2) is 0 Å². The molecule has 6 rings (SSSR count). The van der Waals surface area contributed by atoms with E-state index < -0.39 is 0 Å². The Hall–Kier alpha value is -4.84. The van der Waals surface area contributed by atoms with Crippen LogP contribution >= 0.6 is 0 Å². The van der Waals surface area contributed by atoms with Gasteiger partial charge in [-0.15, -0.1) is 5.10 Å². The number of ether oxygens (including phenoxy) is 1. The van der Waals surface area contributed by atoms with E-state index in [-0.39, 0.29) is 6.04 Å². The lowest BCUT2D eigenvalue weighted by Crippen LogP contribution is -2.23. The molecule has 0 amide bonds. The molecule has 0 radical (unpaired) electrons. The van der Waals surface area contributed by atoms with Crippen molar-refractivity contribution in [1.82, 2.24) is 20.1 Å². The predicted octanol–water partition coefficient (Wildman–Crippen LogP) is 6.60. The van der Waals surface area contributed by atoms with E-state index in [9.17, 15) is 0 Å². The number of nitrogens with zero attached hydrogens (tertiary/aromatic N) is 5. The highest BCUT2D eigenvalue weighted by Gasteiger charge is 2.20. The van der Waals surface area contributed by atoms with E-state index in [0.717, 1.165) is 44.6 Å². The molecule has 3 heterocycles. The van der Waals surface area contributed by atoms with Crippen molar-refractivity contribution in [3.63, 3.8) is 0 Å². The van der Waals surface area contributed by atoms with E-state index in [4.69, 9.17) is 4.74 Å². The number of likely N-dealkylation sites (N-methyl/N-ethyl adjacent to an activating group) is 1. The molecule has 1 unspecified atom stereocenters. The first-order valence-electron chi connectivity index (χ1n) is 12.2. The SMILES string of the molecule is CN1C=NC=CC1c1cccnc1Oc1ccc(Cc2nnc(-c3ccccc3)c3ccccc23)cc1. The van der Waals surface area contributed by atoms with Crippen molar-refractivity contribution in [3.05, 3.63) is 126 Å². The maximum atomic E-state index is 6.21. The maximum Gasteiger partial charge on any atom is 0.224 e. The smallest absolute Gasteiger partial charge is 0.224 e. The number of hydrogen-bond acceptors (Lipinski definition) is 6. The number of benzene rings is 3. The monoisotopic (exact) mass is 483 g/mol. The molecule has 0 aliphatic carbocycles. The minimum absolute atomic E-state index is 0.0196. The first-order valence-corrected chi connectivity index (χ1v) is 12.2. The van der Waals surface area contributed by atoms with Gasteiger partial charge in [0, 0.05) is 47.8 Å². The topological polar surface area (TPSA) is 63.5 Å². The molecule has 6 heteroatoms. The molecule has 0 spiro atoms. The Morgan fingerprint density at radius 2 is 1.59 bits per heavy atom. The average molecular weight is 484 g/mol. The zero-order valence-electron chi connectivity index (χ0n) is 20.4. The van der Waals surface area contributed by atoms with Gasteiger partial charge in [-0.1, -0.05) is 66.7 Å². The van der Waals surface area contributed by atoms with Crippen molar-refractivity contribution in [2.24, 2.45) is 4.99 Å². The average Bonchev–Trinajstić information content (AvgIpc) is 2.95. The van der Waals surface area contributed by atoms with Crippen LogP contribution in [-0.2, 0) is 6.42 Å². The molecule has 5 aromatic rings. The summed E-state index contributed by atoms with van der Waals surface area (Å²) in [5.74, 6) is 1.32. The van der Waals surface area contributed by atoms with Crippen molar-refractivity contribution < 1.29 is 4.74 Å². The Morgan fingerprint density at radius 1 is 0.811 bits per heavy atom. The summed E-state index contributed by atoms with van der Waals surface area (Å²) in [6.07, 6.45) is 8.05. The van der Waals surface area contributed by atoms with Crippen molar-refractivity contribution in [2.45, 2.75) is 12.5 Å². The third-order valence-corrected chi connectivity index (χ3v) is 6.48. The van der Waals surface area contributed by atoms with Gasteiger partial charge in [0.05, 0.1) is 18.1 Å². The maximum absolute atomic E-state index is 6.21. The van der Waals surface area contributed by atoms with E-state index in [1.165, 1.54) is 0 Å². The summed E-state index contributed by atoms with van der Waals surface area (Å²) in [6.45, 7) is 0. The Morgan fingerprint density at radius 3 is 2.41 bits per heavy atom. The summed E-state index contributed by atoms with van der Waals surface area (Å²) in [5, 5.41) is 11.4. The third kappa shape index (κ3) is 4.69. The van der Waals surface area contributed by atoms with Crippen LogP contribution in [0.2, 0.25) is 0 Å². The van der Waals surface area contributed by atoms with Crippen LogP contribution in [0.5, 0.6) is 11.6 Å². The lowest BCUT2D eigenvalue weighted by molar-refractivity contribution is 0.407. The fourth-order valence-corrected chi connectivity index (χ4v) is 4.60. The molecule has 0 saturated heterocycles. The summed E-state index contributed by atoms with van der Waals surface area (Å²) < 4.78 is 6.21. The number of fused-ring (bicyclic) bond motifs is 1. The summed E-state index contributed by atoms with van der Waals surface area (Å²) >= 11 is 0. The summed E-state index contributed by atoms with van der Waals surface area (Å²) in [6, 6.07) is 30.6. The summed E-state index contributed by atoms with van der Waals surface area (Å²) in [5.41, 5.74) is 5.03. The first-order chi connectivity index (χ1) is 18.3.